The Balaban J connectivity index is 1.90. The number of sulfonamides is 1. The molecule has 2 rings (SSSR count). The van der Waals surface area contributed by atoms with Crippen LogP contribution in [-0.4, -0.2) is 38.5 Å². The molecule has 0 aliphatic carbocycles. The van der Waals surface area contributed by atoms with Crippen molar-refractivity contribution < 1.29 is 13.2 Å². The molecule has 0 heterocycles. The Morgan fingerprint density at radius 2 is 1.79 bits per heavy atom. The summed E-state index contributed by atoms with van der Waals surface area (Å²) >= 11 is 1.44. The quantitative estimate of drug-likeness (QED) is 0.820. The summed E-state index contributed by atoms with van der Waals surface area (Å²) in [4.78, 5) is 12.1. The van der Waals surface area contributed by atoms with Crippen molar-refractivity contribution in [1.29, 1.82) is 0 Å². The SMILES string of the molecule is CN(C)S(=O)(=O)c1cccc(CSCC(=O)Nc2ccccc2)c1. The zero-order valence-electron chi connectivity index (χ0n) is 13.6. The Bertz CT molecular complexity index is 790. The molecule has 0 atom stereocenters. The number of hydrogen-bond donors (Lipinski definition) is 1. The van der Waals surface area contributed by atoms with Crippen LogP contribution in [0.3, 0.4) is 0 Å². The molecule has 2 aromatic rings. The van der Waals surface area contributed by atoms with Gasteiger partial charge in [-0.15, -0.1) is 11.8 Å². The predicted octanol–water partition coefficient (Wildman–Crippen LogP) is 2.81. The molecule has 5 nitrogen and oxygen atoms in total. The van der Waals surface area contributed by atoms with Gasteiger partial charge in [-0.1, -0.05) is 30.3 Å². The number of rotatable bonds is 7. The number of amides is 1. The number of carbonyl (C=O) groups is 1. The average molecular weight is 364 g/mol. The fourth-order valence-electron chi connectivity index (χ4n) is 1.99. The third-order valence-corrected chi connectivity index (χ3v) is 6.05. The van der Waals surface area contributed by atoms with Crippen LogP contribution < -0.4 is 5.32 Å². The molecule has 0 radical (unpaired) electrons. The summed E-state index contributed by atoms with van der Waals surface area (Å²) in [7, 11) is -0.427. The lowest BCUT2D eigenvalue weighted by Gasteiger charge is -2.12. The number of carbonyl (C=O) groups excluding carboxylic acids is 1. The lowest BCUT2D eigenvalue weighted by molar-refractivity contribution is -0.113. The Hall–Kier alpha value is -1.83. The summed E-state index contributed by atoms with van der Waals surface area (Å²) in [6, 6.07) is 16.1. The molecule has 0 aromatic heterocycles. The topological polar surface area (TPSA) is 66.5 Å². The number of para-hydroxylation sites is 1. The largest absolute Gasteiger partial charge is 0.325 e. The molecule has 0 unspecified atom stereocenters. The van der Waals surface area contributed by atoms with E-state index in [9.17, 15) is 13.2 Å². The fourth-order valence-corrected chi connectivity index (χ4v) is 3.73. The van der Waals surface area contributed by atoms with Gasteiger partial charge in [0.1, 0.15) is 0 Å². The van der Waals surface area contributed by atoms with Crippen molar-refractivity contribution in [3.63, 3.8) is 0 Å². The number of thioether (sulfide) groups is 1. The van der Waals surface area contributed by atoms with Crippen molar-refractivity contribution in [1.82, 2.24) is 4.31 Å². The second kappa shape index (κ2) is 8.32. The van der Waals surface area contributed by atoms with Crippen molar-refractivity contribution in [3.8, 4) is 0 Å². The van der Waals surface area contributed by atoms with Gasteiger partial charge in [0.25, 0.3) is 0 Å². The molecule has 128 valence electrons. The van der Waals surface area contributed by atoms with E-state index in [0.717, 1.165) is 11.3 Å². The highest BCUT2D eigenvalue weighted by molar-refractivity contribution is 7.99. The Kier molecular flexibility index (Phi) is 6.42. The average Bonchev–Trinajstić information content (AvgIpc) is 2.56. The summed E-state index contributed by atoms with van der Waals surface area (Å²) in [5.41, 5.74) is 1.64. The van der Waals surface area contributed by atoms with Crippen molar-refractivity contribution in [2.24, 2.45) is 0 Å². The van der Waals surface area contributed by atoms with Gasteiger partial charge < -0.3 is 5.32 Å². The van der Waals surface area contributed by atoms with Crippen LogP contribution in [0.2, 0.25) is 0 Å². The van der Waals surface area contributed by atoms with Crippen LogP contribution in [0.5, 0.6) is 0 Å². The predicted molar refractivity (Wildman–Crippen MR) is 98.5 cm³/mol. The maximum Gasteiger partial charge on any atom is 0.242 e. The van der Waals surface area contributed by atoms with Crippen LogP contribution >= 0.6 is 11.8 Å². The van der Waals surface area contributed by atoms with Crippen LogP contribution in [-0.2, 0) is 20.6 Å². The summed E-state index contributed by atoms with van der Waals surface area (Å²) in [5.74, 6) is 0.793. The minimum atomic E-state index is -3.44. The minimum Gasteiger partial charge on any atom is -0.325 e. The number of nitrogens with one attached hydrogen (secondary N) is 1. The van der Waals surface area contributed by atoms with Crippen LogP contribution in [0, 0.1) is 0 Å². The summed E-state index contributed by atoms with van der Waals surface area (Å²) in [6.07, 6.45) is 0. The van der Waals surface area contributed by atoms with E-state index in [4.69, 9.17) is 0 Å². The molecule has 1 amide bonds. The molecule has 7 heteroatoms. The standard InChI is InChI=1S/C17H20N2O3S2/c1-19(2)24(21,22)16-10-6-7-14(11-16)12-23-13-17(20)18-15-8-4-3-5-9-15/h3-11H,12-13H2,1-2H3,(H,18,20). The van der Waals surface area contributed by atoms with Gasteiger partial charge in [-0.3, -0.25) is 4.79 Å². The second-order valence-electron chi connectivity index (χ2n) is 5.34. The highest BCUT2D eigenvalue weighted by atomic mass is 32.2. The molecular weight excluding hydrogens is 344 g/mol. The first kappa shape index (κ1) is 18.5. The van der Waals surface area contributed by atoms with E-state index >= 15 is 0 Å². The van der Waals surface area contributed by atoms with E-state index in [0.29, 0.717) is 11.5 Å². The molecule has 0 saturated heterocycles. The van der Waals surface area contributed by atoms with E-state index in [1.165, 1.54) is 30.2 Å². The molecular formula is C17H20N2O3S2. The molecule has 0 spiro atoms. The van der Waals surface area contributed by atoms with Crippen molar-refractivity contribution in [2.45, 2.75) is 10.6 Å². The molecule has 0 bridgehead atoms. The summed E-state index contributed by atoms with van der Waals surface area (Å²) < 4.78 is 25.4. The van der Waals surface area contributed by atoms with Crippen molar-refractivity contribution >= 4 is 33.4 Å². The zero-order chi connectivity index (χ0) is 17.6. The van der Waals surface area contributed by atoms with Gasteiger partial charge in [-0.25, -0.2) is 12.7 Å². The number of benzene rings is 2. The molecule has 1 N–H and O–H groups in total. The Labute approximate surface area is 147 Å². The van der Waals surface area contributed by atoms with Gasteiger partial charge >= 0.3 is 0 Å². The summed E-state index contributed by atoms with van der Waals surface area (Å²) in [5, 5.41) is 2.82. The molecule has 0 aliphatic rings. The first-order valence-electron chi connectivity index (χ1n) is 7.34. The number of hydrogen-bond acceptors (Lipinski definition) is 4. The lowest BCUT2D eigenvalue weighted by atomic mass is 10.2. The smallest absolute Gasteiger partial charge is 0.242 e. The van der Waals surface area contributed by atoms with Crippen LogP contribution in [0.4, 0.5) is 5.69 Å². The third-order valence-electron chi connectivity index (χ3n) is 3.24. The van der Waals surface area contributed by atoms with Crippen LogP contribution in [0.25, 0.3) is 0 Å². The van der Waals surface area contributed by atoms with E-state index in [-0.39, 0.29) is 10.8 Å². The van der Waals surface area contributed by atoms with Gasteiger partial charge in [0, 0.05) is 25.5 Å². The number of anilines is 1. The monoisotopic (exact) mass is 364 g/mol. The molecule has 2 aromatic carbocycles. The van der Waals surface area contributed by atoms with Gasteiger partial charge in [0.2, 0.25) is 15.9 Å². The van der Waals surface area contributed by atoms with E-state index < -0.39 is 10.0 Å². The third kappa shape index (κ3) is 5.09. The maximum atomic E-state index is 12.1. The van der Waals surface area contributed by atoms with Crippen molar-refractivity contribution in [2.75, 3.05) is 25.2 Å². The maximum absolute atomic E-state index is 12.1. The zero-order valence-corrected chi connectivity index (χ0v) is 15.2. The molecule has 0 fully saturated rings. The molecule has 24 heavy (non-hydrogen) atoms. The highest BCUT2D eigenvalue weighted by Gasteiger charge is 2.17. The van der Waals surface area contributed by atoms with Gasteiger partial charge in [-0.05, 0) is 29.8 Å². The second-order valence-corrected chi connectivity index (χ2v) is 8.48. The minimum absolute atomic E-state index is 0.0803. The Morgan fingerprint density at radius 3 is 2.46 bits per heavy atom. The van der Waals surface area contributed by atoms with E-state index in [1.807, 2.05) is 36.4 Å². The Morgan fingerprint density at radius 1 is 1.08 bits per heavy atom. The van der Waals surface area contributed by atoms with Crippen LogP contribution in [0.15, 0.2) is 59.5 Å². The lowest BCUT2D eigenvalue weighted by Crippen LogP contribution is -2.22. The first-order valence-corrected chi connectivity index (χ1v) is 9.93. The van der Waals surface area contributed by atoms with Crippen molar-refractivity contribution in [3.05, 3.63) is 60.2 Å². The van der Waals surface area contributed by atoms with Gasteiger partial charge in [0.15, 0.2) is 0 Å². The molecule has 0 saturated carbocycles. The first-order chi connectivity index (χ1) is 11.4. The number of nitrogens with zero attached hydrogens (tertiary/aromatic N) is 1. The highest BCUT2D eigenvalue weighted by Crippen LogP contribution is 2.19. The normalized spacial score (nSPS) is 11.5. The molecule has 0 aliphatic heterocycles. The summed E-state index contributed by atoms with van der Waals surface area (Å²) in [6.45, 7) is 0. The van der Waals surface area contributed by atoms with Crippen LogP contribution in [0.1, 0.15) is 5.56 Å². The van der Waals surface area contributed by atoms with Gasteiger partial charge in [-0.2, -0.15) is 0 Å². The van der Waals surface area contributed by atoms with E-state index in [2.05, 4.69) is 5.32 Å². The van der Waals surface area contributed by atoms with E-state index in [1.54, 1.807) is 18.2 Å². The van der Waals surface area contributed by atoms with Gasteiger partial charge in [0.05, 0.1) is 10.6 Å². The fraction of sp³-hybridized carbons (Fsp3) is 0.235.